The van der Waals surface area contributed by atoms with Crippen LogP contribution < -0.4 is 0 Å². The van der Waals surface area contributed by atoms with Crippen molar-refractivity contribution in [3.05, 3.63) is 66.2 Å². The smallest absolute Gasteiger partial charge is 0.0555 e. The average molecular weight is 274 g/mol. The summed E-state index contributed by atoms with van der Waals surface area (Å²) in [5.74, 6) is 0. The predicted molar refractivity (Wildman–Crippen MR) is 92.8 cm³/mol. The largest absolute Gasteiger partial charge is 0.303 e. The second-order valence-corrected chi connectivity index (χ2v) is 5.21. The molecule has 0 N–H and O–H groups in total. The molecule has 0 atom stereocenters. The van der Waals surface area contributed by atoms with E-state index in [0.29, 0.717) is 0 Å². The van der Waals surface area contributed by atoms with Gasteiger partial charge in [0.2, 0.25) is 0 Å². The topological polar surface area (TPSA) is 15.6 Å². The van der Waals surface area contributed by atoms with Gasteiger partial charge in [-0.2, -0.15) is 5.10 Å². The molecule has 0 spiro atoms. The minimum absolute atomic E-state index is 1.15. The molecule has 0 heterocycles. The van der Waals surface area contributed by atoms with Crippen molar-refractivity contribution in [2.24, 2.45) is 5.10 Å². The van der Waals surface area contributed by atoms with Gasteiger partial charge >= 0.3 is 0 Å². The van der Waals surface area contributed by atoms with E-state index in [0.717, 1.165) is 5.56 Å². The Morgan fingerprint density at radius 1 is 0.810 bits per heavy atom. The first-order chi connectivity index (χ1) is 10.2. The van der Waals surface area contributed by atoms with Gasteiger partial charge in [0, 0.05) is 19.7 Å². The molecule has 0 aliphatic heterocycles. The van der Waals surface area contributed by atoms with E-state index in [1.165, 1.54) is 27.1 Å². The van der Waals surface area contributed by atoms with Crippen LogP contribution in [-0.4, -0.2) is 25.3 Å². The molecule has 2 nitrogen and oxygen atoms in total. The molecule has 3 aromatic carbocycles. The van der Waals surface area contributed by atoms with Gasteiger partial charge in [-0.25, -0.2) is 0 Å². The van der Waals surface area contributed by atoms with E-state index in [-0.39, 0.29) is 0 Å². The van der Waals surface area contributed by atoms with Gasteiger partial charge < -0.3 is 5.01 Å². The van der Waals surface area contributed by atoms with Crippen molar-refractivity contribution >= 4 is 33.8 Å². The first-order valence-electron chi connectivity index (χ1n) is 6.99. The fourth-order valence-electron chi connectivity index (χ4n) is 2.73. The van der Waals surface area contributed by atoms with Crippen LogP contribution in [0.25, 0.3) is 27.6 Å². The predicted octanol–water partition coefficient (Wildman–Crippen LogP) is 4.53. The van der Waals surface area contributed by atoms with Gasteiger partial charge in [-0.05, 0) is 27.1 Å². The Morgan fingerprint density at radius 3 is 1.62 bits per heavy atom. The average Bonchev–Trinajstić information content (AvgIpc) is 2.51. The highest BCUT2D eigenvalue weighted by Gasteiger charge is 2.10. The zero-order chi connectivity index (χ0) is 14.8. The molecular weight excluding hydrogens is 256 g/mol. The van der Waals surface area contributed by atoms with Crippen molar-refractivity contribution in [1.29, 1.82) is 0 Å². The summed E-state index contributed by atoms with van der Waals surface area (Å²) in [6.45, 7) is 3.99. The molecule has 3 rings (SSSR count). The van der Waals surface area contributed by atoms with E-state index in [4.69, 9.17) is 0 Å². The molecule has 21 heavy (non-hydrogen) atoms. The molecule has 2 heteroatoms. The zero-order valence-electron chi connectivity index (χ0n) is 12.4. The van der Waals surface area contributed by atoms with Crippen molar-refractivity contribution in [3.8, 4) is 0 Å². The lowest BCUT2D eigenvalue weighted by Gasteiger charge is -2.13. The molecule has 104 valence electrons. The molecule has 0 amide bonds. The lowest BCUT2D eigenvalue weighted by molar-refractivity contribution is 0.440. The fraction of sp³-hybridized carbons (Fsp3) is 0.105. The van der Waals surface area contributed by atoms with E-state index in [2.05, 4.69) is 60.2 Å². The third-order valence-electron chi connectivity index (χ3n) is 3.64. The molecule has 0 bridgehead atoms. The van der Waals surface area contributed by atoms with Crippen molar-refractivity contribution in [2.75, 3.05) is 14.1 Å². The van der Waals surface area contributed by atoms with E-state index in [1.807, 2.05) is 31.4 Å². The van der Waals surface area contributed by atoms with Crippen LogP contribution in [0.1, 0.15) is 11.1 Å². The highest BCUT2D eigenvalue weighted by molar-refractivity contribution is 6.17. The van der Waals surface area contributed by atoms with Crippen LogP contribution in [0.4, 0.5) is 0 Å². The second kappa shape index (κ2) is 5.41. The standard InChI is InChI=1S/C19H18N2/c1-4-14-15-9-5-7-11-17(15)19(13-20-21(2)3)18-12-8-6-10-16(14)18/h4-13H,1H2,2-3H3/b20-13-. The quantitative estimate of drug-likeness (QED) is 0.389. The molecule has 0 aliphatic carbocycles. The van der Waals surface area contributed by atoms with Gasteiger partial charge in [-0.1, -0.05) is 61.2 Å². The minimum Gasteiger partial charge on any atom is -0.303 e. The Bertz CT molecular complexity index is 788. The van der Waals surface area contributed by atoms with Gasteiger partial charge in [-0.3, -0.25) is 0 Å². The van der Waals surface area contributed by atoms with E-state index in [9.17, 15) is 0 Å². The van der Waals surface area contributed by atoms with Gasteiger partial charge in [0.15, 0.2) is 0 Å². The minimum atomic E-state index is 1.15. The molecule has 0 aromatic heterocycles. The summed E-state index contributed by atoms with van der Waals surface area (Å²) in [5, 5.41) is 11.1. The Morgan fingerprint density at radius 2 is 1.24 bits per heavy atom. The van der Waals surface area contributed by atoms with Crippen LogP contribution in [0.2, 0.25) is 0 Å². The van der Waals surface area contributed by atoms with Crippen molar-refractivity contribution in [3.63, 3.8) is 0 Å². The monoisotopic (exact) mass is 274 g/mol. The molecule has 0 saturated heterocycles. The Balaban J connectivity index is 2.50. The number of hydrogen-bond donors (Lipinski definition) is 0. The summed E-state index contributed by atoms with van der Waals surface area (Å²) < 4.78 is 0. The first kappa shape index (κ1) is 13.4. The van der Waals surface area contributed by atoms with Gasteiger partial charge in [-0.15, -0.1) is 0 Å². The molecule has 0 fully saturated rings. The van der Waals surface area contributed by atoms with Crippen LogP contribution in [0.5, 0.6) is 0 Å². The van der Waals surface area contributed by atoms with Gasteiger partial charge in [0.1, 0.15) is 0 Å². The summed E-state index contributed by atoms with van der Waals surface area (Å²) in [6.07, 6.45) is 3.88. The summed E-state index contributed by atoms with van der Waals surface area (Å²) >= 11 is 0. The first-order valence-corrected chi connectivity index (χ1v) is 6.99. The van der Waals surface area contributed by atoms with E-state index < -0.39 is 0 Å². The zero-order valence-corrected chi connectivity index (χ0v) is 12.4. The summed E-state index contributed by atoms with van der Waals surface area (Å²) in [7, 11) is 3.86. The fourth-order valence-corrected chi connectivity index (χ4v) is 2.73. The van der Waals surface area contributed by atoms with Crippen molar-refractivity contribution in [1.82, 2.24) is 5.01 Å². The number of nitrogens with zero attached hydrogens (tertiary/aromatic N) is 2. The Kier molecular flexibility index (Phi) is 3.44. The van der Waals surface area contributed by atoms with Crippen molar-refractivity contribution in [2.45, 2.75) is 0 Å². The van der Waals surface area contributed by atoms with Gasteiger partial charge in [0.25, 0.3) is 0 Å². The number of rotatable bonds is 3. The molecule has 3 aromatic rings. The highest BCUT2D eigenvalue weighted by atomic mass is 15.4. The van der Waals surface area contributed by atoms with Crippen molar-refractivity contribution < 1.29 is 0 Å². The van der Waals surface area contributed by atoms with Crippen LogP contribution in [-0.2, 0) is 0 Å². The lowest BCUT2D eigenvalue weighted by Crippen LogP contribution is -2.02. The normalized spacial score (nSPS) is 11.3. The maximum Gasteiger partial charge on any atom is 0.0555 e. The summed E-state index contributed by atoms with van der Waals surface area (Å²) in [6, 6.07) is 16.8. The highest BCUT2D eigenvalue weighted by Crippen LogP contribution is 2.32. The van der Waals surface area contributed by atoms with Gasteiger partial charge in [0.05, 0.1) is 6.21 Å². The SMILES string of the molecule is C=Cc1c2ccccc2c(/C=N\N(C)C)c2ccccc12. The third-order valence-corrected chi connectivity index (χ3v) is 3.64. The number of benzene rings is 3. The second-order valence-electron chi connectivity index (χ2n) is 5.21. The third kappa shape index (κ3) is 2.29. The van der Waals surface area contributed by atoms with Crippen LogP contribution in [0, 0.1) is 0 Å². The molecule has 0 unspecified atom stereocenters. The Hall–Kier alpha value is -2.61. The molecular formula is C19H18N2. The summed E-state index contributed by atoms with van der Waals surface area (Å²) in [5.41, 5.74) is 2.34. The van der Waals surface area contributed by atoms with Crippen LogP contribution >= 0.6 is 0 Å². The number of hydrogen-bond acceptors (Lipinski definition) is 2. The Labute approximate surface area is 125 Å². The van der Waals surface area contributed by atoms with E-state index >= 15 is 0 Å². The number of fused-ring (bicyclic) bond motifs is 2. The lowest BCUT2D eigenvalue weighted by atomic mass is 9.92. The van der Waals surface area contributed by atoms with E-state index in [1.54, 1.807) is 0 Å². The molecule has 0 radical (unpaired) electrons. The maximum atomic E-state index is 4.43. The maximum absolute atomic E-state index is 4.43. The number of hydrazone groups is 1. The summed E-state index contributed by atoms with van der Waals surface area (Å²) in [4.78, 5) is 0. The van der Waals surface area contributed by atoms with Crippen LogP contribution in [0.15, 0.2) is 60.2 Å². The molecule has 0 saturated carbocycles. The molecule has 0 aliphatic rings. The van der Waals surface area contributed by atoms with Crippen LogP contribution in [0.3, 0.4) is 0 Å².